The summed E-state index contributed by atoms with van der Waals surface area (Å²) >= 11 is 0.851. The molecule has 1 aliphatic rings. The van der Waals surface area contributed by atoms with Crippen molar-refractivity contribution in [1.29, 1.82) is 0 Å². The van der Waals surface area contributed by atoms with Gasteiger partial charge in [-0.3, -0.25) is 0 Å². The fourth-order valence-corrected chi connectivity index (χ4v) is 2.39. The summed E-state index contributed by atoms with van der Waals surface area (Å²) in [5.41, 5.74) is 0.719. The van der Waals surface area contributed by atoms with E-state index < -0.39 is 14.6 Å². The predicted octanol–water partition coefficient (Wildman–Crippen LogP) is 1.68. The fraction of sp³-hybridized carbons (Fsp3) is 0.500. The van der Waals surface area contributed by atoms with Crippen LogP contribution in [-0.2, 0) is 10.2 Å². The van der Waals surface area contributed by atoms with Gasteiger partial charge in [-0.05, 0) is 12.8 Å². The Morgan fingerprint density at radius 1 is 1.58 bits per heavy atom. The van der Waals surface area contributed by atoms with Gasteiger partial charge in [-0.1, -0.05) is 3.89 Å². The fourth-order valence-electron chi connectivity index (χ4n) is 0.947. The molecule has 0 N–H and O–H groups in total. The Bertz CT molecular complexity index is 393. The molecule has 0 aromatic carbocycles. The largest absolute Gasteiger partial charge is 0.359 e. The van der Waals surface area contributed by atoms with Crippen LogP contribution in [0.4, 0.5) is 3.89 Å². The highest BCUT2D eigenvalue weighted by Gasteiger charge is 2.28. The molecule has 1 aliphatic carbocycles. The second kappa shape index (κ2) is 2.50. The van der Waals surface area contributed by atoms with Gasteiger partial charge in [0.1, 0.15) is 0 Å². The zero-order valence-electron chi connectivity index (χ0n) is 6.03. The maximum Gasteiger partial charge on any atom is 0.359 e. The molecule has 1 aromatic heterocycles. The van der Waals surface area contributed by atoms with Gasteiger partial charge < -0.3 is 0 Å². The Kier molecular flexibility index (Phi) is 1.69. The minimum atomic E-state index is -4.58. The molecule has 0 spiro atoms. The van der Waals surface area contributed by atoms with Crippen LogP contribution in [0.25, 0.3) is 0 Å². The second-order valence-corrected chi connectivity index (χ2v) is 5.13. The Morgan fingerprint density at radius 3 is 2.67 bits per heavy atom. The van der Waals surface area contributed by atoms with E-state index >= 15 is 0 Å². The normalized spacial score (nSPS) is 18.1. The van der Waals surface area contributed by atoms with Crippen molar-refractivity contribution in [2.24, 2.45) is 0 Å². The molecule has 1 heterocycles. The molecule has 3 nitrogen and oxygen atoms in total. The molecule has 1 saturated carbocycles. The Balaban J connectivity index is 2.35. The summed E-state index contributed by atoms with van der Waals surface area (Å²) in [5.74, 6) is 0.372. The van der Waals surface area contributed by atoms with Crippen molar-refractivity contribution in [1.82, 2.24) is 4.98 Å². The Hall–Kier alpha value is -0.490. The van der Waals surface area contributed by atoms with Gasteiger partial charge in [0.25, 0.3) is 0 Å². The number of hydrogen-bond donors (Lipinski definition) is 0. The molecule has 2 rings (SSSR count). The topological polar surface area (TPSA) is 47.0 Å². The van der Waals surface area contributed by atoms with Crippen LogP contribution < -0.4 is 0 Å². The lowest BCUT2D eigenvalue weighted by Gasteiger charge is -1.85. The van der Waals surface area contributed by atoms with Gasteiger partial charge in [-0.25, -0.2) is 4.98 Å². The first-order valence-corrected chi connectivity index (χ1v) is 5.74. The maximum atomic E-state index is 12.3. The minimum absolute atomic E-state index is 0.372. The molecule has 0 unspecified atom stereocenters. The molecule has 0 amide bonds. The molecule has 0 atom stereocenters. The van der Waals surface area contributed by atoms with Gasteiger partial charge >= 0.3 is 10.2 Å². The van der Waals surface area contributed by atoms with E-state index in [0.717, 1.165) is 29.9 Å². The van der Waals surface area contributed by atoms with E-state index in [1.165, 1.54) is 0 Å². The average Bonchev–Trinajstić information content (AvgIpc) is 2.66. The molecule has 0 aliphatic heterocycles. The zero-order chi connectivity index (χ0) is 8.77. The second-order valence-electron chi connectivity index (χ2n) is 2.75. The minimum Gasteiger partial charge on any atom is -0.228 e. The maximum absolute atomic E-state index is 12.3. The summed E-state index contributed by atoms with van der Waals surface area (Å²) in [6.45, 7) is 0. The van der Waals surface area contributed by atoms with Crippen molar-refractivity contribution in [3.63, 3.8) is 0 Å². The highest BCUT2D eigenvalue weighted by molar-refractivity contribution is 7.88. The van der Waals surface area contributed by atoms with Gasteiger partial charge in [0, 0.05) is 11.3 Å². The molecule has 1 aromatic rings. The van der Waals surface area contributed by atoms with Crippen LogP contribution in [0.1, 0.15) is 24.5 Å². The summed E-state index contributed by atoms with van der Waals surface area (Å²) < 4.78 is 32.7. The van der Waals surface area contributed by atoms with Crippen LogP contribution in [0.2, 0.25) is 0 Å². The van der Waals surface area contributed by atoms with Crippen LogP contribution in [0, 0.1) is 0 Å². The highest BCUT2D eigenvalue weighted by Crippen LogP contribution is 2.40. The molecule has 0 bridgehead atoms. The quantitative estimate of drug-likeness (QED) is 0.693. The number of thiazole rings is 1. The van der Waals surface area contributed by atoms with Crippen molar-refractivity contribution >= 4 is 21.6 Å². The van der Waals surface area contributed by atoms with Gasteiger partial charge in [0.15, 0.2) is 0 Å². The van der Waals surface area contributed by atoms with E-state index in [0.29, 0.717) is 5.92 Å². The third-order valence-electron chi connectivity index (χ3n) is 1.71. The van der Waals surface area contributed by atoms with Gasteiger partial charge in [0.05, 0.1) is 5.69 Å². The van der Waals surface area contributed by atoms with E-state index in [2.05, 4.69) is 4.98 Å². The standard InChI is InChI=1S/C6H6FNO2S2/c7-12(9,10)6-8-5(3-11-6)4-1-2-4/h3-4H,1-2H2. The first kappa shape index (κ1) is 8.12. The van der Waals surface area contributed by atoms with E-state index in [1.807, 2.05) is 0 Å². The third kappa shape index (κ3) is 1.49. The van der Waals surface area contributed by atoms with Crippen molar-refractivity contribution < 1.29 is 12.3 Å². The lowest BCUT2D eigenvalue weighted by atomic mass is 10.3. The smallest absolute Gasteiger partial charge is 0.228 e. The summed E-state index contributed by atoms with van der Waals surface area (Å²) in [7, 11) is -4.58. The molecule has 0 radical (unpaired) electrons. The predicted molar refractivity (Wildman–Crippen MR) is 42.4 cm³/mol. The number of nitrogens with zero attached hydrogens (tertiary/aromatic N) is 1. The molecule has 6 heteroatoms. The Labute approximate surface area is 73.5 Å². The first-order valence-electron chi connectivity index (χ1n) is 3.47. The SMILES string of the molecule is O=S(=O)(F)c1nc(C2CC2)cs1. The monoisotopic (exact) mass is 207 g/mol. The van der Waals surface area contributed by atoms with E-state index in [-0.39, 0.29) is 0 Å². The number of hydrogen-bond acceptors (Lipinski definition) is 4. The summed E-state index contributed by atoms with van der Waals surface area (Å²) in [4.78, 5) is 3.70. The first-order chi connectivity index (χ1) is 5.57. The molecule has 0 saturated heterocycles. The van der Waals surface area contributed by atoms with Gasteiger partial charge in [-0.2, -0.15) is 8.42 Å². The molecule has 66 valence electrons. The van der Waals surface area contributed by atoms with E-state index in [9.17, 15) is 12.3 Å². The van der Waals surface area contributed by atoms with Crippen molar-refractivity contribution in [2.75, 3.05) is 0 Å². The van der Waals surface area contributed by atoms with Crippen LogP contribution in [0.15, 0.2) is 9.72 Å². The number of halogens is 1. The molecular formula is C6H6FNO2S2. The van der Waals surface area contributed by atoms with Crippen molar-refractivity contribution in [3.05, 3.63) is 11.1 Å². The number of rotatable bonds is 2. The molecule has 1 fully saturated rings. The third-order valence-corrected chi connectivity index (χ3v) is 3.75. The number of aromatic nitrogens is 1. The molecule has 12 heavy (non-hydrogen) atoms. The van der Waals surface area contributed by atoms with Crippen molar-refractivity contribution in [2.45, 2.75) is 23.1 Å². The van der Waals surface area contributed by atoms with Crippen LogP contribution in [0.3, 0.4) is 0 Å². The van der Waals surface area contributed by atoms with Crippen LogP contribution >= 0.6 is 11.3 Å². The zero-order valence-corrected chi connectivity index (χ0v) is 7.66. The Morgan fingerprint density at radius 2 is 2.25 bits per heavy atom. The summed E-state index contributed by atoms with van der Waals surface area (Å²) in [5, 5.41) is 1.62. The van der Waals surface area contributed by atoms with Crippen molar-refractivity contribution in [3.8, 4) is 0 Å². The average molecular weight is 207 g/mol. The van der Waals surface area contributed by atoms with E-state index in [4.69, 9.17) is 0 Å². The van der Waals surface area contributed by atoms with Crippen LogP contribution in [-0.4, -0.2) is 13.4 Å². The van der Waals surface area contributed by atoms with E-state index in [1.54, 1.807) is 5.38 Å². The summed E-state index contributed by atoms with van der Waals surface area (Å²) in [6, 6.07) is 0. The summed E-state index contributed by atoms with van der Waals surface area (Å²) in [6.07, 6.45) is 2.07. The van der Waals surface area contributed by atoms with Gasteiger partial charge in [-0.15, -0.1) is 11.3 Å². The van der Waals surface area contributed by atoms with Gasteiger partial charge in [0.2, 0.25) is 4.34 Å². The lowest BCUT2D eigenvalue weighted by molar-refractivity contribution is 0.551. The van der Waals surface area contributed by atoms with Crippen LogP contribution in [0.5, 0.6) is 0 Å². The lowest BCUT2D eigenvalue weighted by Crippen LogP contribution is -1.90. The highest BCUT2D eigenvalue weighted by atomic mass is 32.3. The molecular weight excluding hydrogens is 201 g/mol.